The normalized spacial score (nSPS) is 12.1. The van der Waals surface area contributed by atoms with E-state index in [1.165, 1.54) is 28.7 Å². The van der Waals surface area contributed by atoms with Crippen molar-refractivity contribution >= 4 is 46.1 Å². The minimum Gasteiger partial charge on any atom is -0.493 e. The molecule has 0 spiro atoms. The summed E-state index contributed by atoms with van der Waals surface area (Å²) in [4.78, 5) is 17.9. The number of aromatic nitrogens is 3. The summed E-state index contributed by atoms with van der Waals surface area (Å²) in [5, 5.41) is 5.02. The average Bonchev–Trinajstić information content (AvgIpc) is 3.37. The Balaban J connectivity index is 1.51. The number of unbranched alkanes of at least 4 members (excludes halogenated alkanes) is 3. The van der Waals surface area contributed by atoms with Crippen molar-refractivity contribution in [3.63, 3.8) is 0 Å². The van der Waals surface area contributed by atoms with Crippen molar-refractivity contribution in [3.05, 3.63) is 79.3 Å². The molecular formula is C26H26ClN3O3S. The lowest BCUT2D eigenvalue weighted by molar-refractivity contribution is 0.285. The van der Waals surface area contributed by atoms with Gasteiger partial charge in [0.15, 0.2) is 17.3 Å². The van der Waals surface area contributed by atoms with E-state index in [0.29, 0.717) is 38.4 Å². The second kappa shape index (κ2) is 11.3. The molecule has 2 aromatic heterocycles. The lowest BCUT2D eigenvalue weighted by atomic mass is 10.2. The van der Waals surface area contributed by atoms with E-state index < -0.39 is 0 Å². The molecule has 0 saturated heterocycles. The molecule has 0 atom stereocenters. The first-order valence-corrected chi connectivity index (χ1v) is 12.4. The van der Waals surface area contributed by atoms with Crippen molar-refractivity contribution in [2.45, 2.75) is 32.6 Å². The minimum absolute atomic E-state index is 0.200. The summed E-state index contributed by atoms with van der Waals surface area (Å²) in [5.74, 6) is 1.83. The molecule has 0 unspecified atom stereocenters. The zero-order chi connectivity index (χ0) is 23.9. The van der Waals surface area contributed by atoms with E-state index in [9.17, 15) is 4.79 Å². The monoisotopic (exact) mass is 495 g/mol. The minimum atomic E-state index is -0.200. The van der Waals surface area contributed by atoms with Gasteiger partial charge < -0.3 is 9.47 Å². The number of hydrogen-bond acceptors (Lipinski definition) is 6. The Morgan fingerprint density at radius 1 is 1.03 bits per heavy atom. The molecule has 0 fully saturated rings. The zero-order valence-corrected chi connectivity index (χ0v) is 20.7. The van der Waals surface area contributed by atoms with Gasteiger partial charge in [0.1, 0.15) is 0 Å². The number of methoxy groups -OCH3 is 1. The van der Waals surface area contributed by atoms with Gasteiger partial charge in [-0.15, -0.1) is 5.10 Å². The topological polar surface area (TPSA) is 65.7 Å². The molecule has 0 N–H and O–H groups in total. The number of nitrogens with zero attached hydrogens (tertiary/aromatic N) is 3. The third-order valence-electron chi connectivity index (χ3n) is 5.23. The molecule has 2 heterocycles. The fourth-order valence-electron chi connectivity index (χ4n) is 3.42. The van der Waals surface area contributed by atoms with Crippen LogP contribution in [0.4, 0.5) is 0 Å². The summed E-state index contributed by atoms with van der Waals surface area (Å²) in [6, 6.07) is 13.1. The third-order valence-corrected chi connectivity index (χ3v) is 6.45. The standard InChI is InChI=1S/C26H26ClN3O3S/c1-3-4-5-6-15-33-21-13-9-19(16-22(21)32-2)17-23-25(31)30-26(34-23)28-24(29-30)14-10-18-7-11-20(27)12-8-18/h7-14,16-17H,3-6,15H2,1-2H3. The molecule has 0 radical (unpaired) electrons. The molecule has 2 aromatic carbocycles. The van der Waals surface area contributed by atoms with Crippen LogP contribution in [-0.2, 0) is 0 Å². The van der Waals surface area contributed by atoms with Crippen LogP contribution in [0.25, 0.3) is 23.2 Å². The summed E-state index contributed by atoms with van der Waals surface area (Å²) in [6.07, 6.45) is 10.1. The van der Waals surface area contributed by atoms with E-state index in [1.54, 1.807) is 13.2 Å². The highest BCUT2D eigenvalue weighted by Crippen LogP contribution is 2.28. The van der Waals surface area contributed by atoms with Gasteiger partial charge in [0.2, 0.25) is 4.96 Å². The van der Waals surface area contributed by atoms with E-state index in [1.807, 2.05) is 54.6 Å². The number of rotatable bonds is 10. The van der Waals surface area contributed by atoms with Gasteiger partial charge >= 0.3 is 0 Å². The smallest absolute Gasteiger partial charge is 0.291 e. The number of thiazole rings is 1. The van der Waals surface area contributed by atoms with Crippen LogP contribution in [0.1, 0.15) is 49.6 Å². The lowest BCUT2D eigenvalue weighted by Gasteiger charge is -2.11. The van der Waals surface area contributed by atoms with Crippen molar-refractivity contribution in [1.29, 1.82) is 0 Å². The molecule has 4 rings (SSSR count). The van der Waals surface area contributed by atoms with Crippen molar-refractivity contribution in [2.24, 2.45) is 0 Å². The zero-order valence-electron chi connectivity index (χ0n) is 19.2. The van der Waals surface area contributed by atoms with Crippen molar-refractivity contribution < 1.29 is 9.47 Å². The Labute approximate surface area is 207 Å². The highest BCUT2D eigenvalue weighted by molar-refractivity contribution is 7.15. The van der Waals surface area contributed by atoms with Crippen LogP contribution in [0.5, 0.6) is 11.5 Å². The summed E-state index contributed by atoms with van der Waals surface area (Å²) in [6.45, 7) is 2.85. The Morgan fingerprint density at radius 2 is 1.82 bits per heavy atom. The molecule has 0 saturated carbocycles. The van der Waals surface area contributed by atoms with Crippen LogP contribution < -0.4 is 19.6 Å². The number of halogens is 1. The van der Waals surface area contributed by atoms with Gasteiger partial charge in [0.25, 0.3) is 5.56 Å². The Hall–Kier alpha value is -3.16. The summed E-state index contributed by atoms with van der Waals surface area (Å²) in [5.41, 5.74) is 1.62. The Bertz CT molecular complexity index is 1390. The van der Waals surface area contributed by atoms with Crippen LogP contribution >= 0.6 is 22.9 Å². The van der Waals surface area contributed by atoms with E-state index >= 15 is 0 Å². The molecule has 4 aromatic rings. The first kappa shape index (κ1) is 24.0. The molecule has 34 heavy (non-hydrogen) atoms. The molecule has 6 nitrogen and oxygen atoms in total. The van der Waals surface area contributed by atoms with Gasteiger partial charge in [0.05, 0.1) is 18.2 Å². The maximum atomic E-state index is 12.9. The maximum absolute atomic E-state index is 12.9. The van der Waals surface area contributed by atoms with E-state index in [2.05, 4.69) is 17.0 Å². The number of hydrogen-bond donors (Lipinski definition) is 0. The molecule has 0 bridgehead atoms. The quantitative estimate of drug-likeness (QED) is 0.272. The molecule has 0 aliphatic rings. The Morgan fingerprint density at radius 3 is 2.56 bits per heavy atom. The lowest BCUT2D eigenvalue weighted by Crippen LogP contribution is -2.23. The number of ether oxygens (including phenoxy) is 2. The molecular weight excluding hydrogens is 470 g/mol. The summed E-state index contributed by atoms with van der Waals surface area (Å²) < 4.78 is 13.3. The summed E-state index contributed by atoms with van der Waals surface area (Å²) >= 11 is 7.22. The maximum Gasteiger partial charge on any atom is 0.291 e. The van der Waals surface area contributed by atoms with Crippen LogP contribution in [-0.4, -0.2) is 28.3 Å². The van der Waals surface area contributed by atoms with E-state index in [4.69, 9.17) is 21.1 Å². The molecule has 176 valence electrons. The highest BCUT2D eigenvalue weighted by Gasteiger charge is 2.10. The molecule has 0 aliphatic carbocycles. The van der Waals surface area contributed by atoms with E-state index in [0.717, 1.165) is 24.0 Å². The largest absolute Gasteiger partial charge is 0.493 e. The molecule has 8 heteroatoms. The summed E-state index contributed by atoms with van der Waals surface area (Å²) in [7, 11) is 1.62. The second-order valence-corrected chi connectivity index (χ2v) is 9.23. The van der Waals surface area contributed by atoms with Gasteiger partial charge in [-0.05, 0) is 54.0 Å². The van der Waals surface area contributed by atoms with Gasteiger partial charge in [-0.2, -0.15) is 9.50 Å². The first-order chi connectivity index (χ1) is 16.6. The van der Waals surface area contributed by atoms with Crippen LogP contribution in [0.15, 0.2) is 47.3 Å². The fraction of sp³-hybridized carbons (Fsp3) is 0.269. The van der Waals surface area contributed by atoms with Crippen LogP contribution in [0.2, 0.25) is 5.02 Å². The van der Waals surface area contributed by atoms with E-state index in [-0.39, 0.29) is 5.56 Å². The second-order valence-electron chi connectivity index (χ2n) is 7.78. The highest BCUT2D eigenvalue weighted by atomic mass is 35.5. The van der Waals surface area contributed by atoms with Gasteiger partial charge in [0, 0.05) is 5.02 Å². The van der Waals surface area contributed by atoms with Gasteiger partial charge in [-0.1, -0.05) is 73.4 Å². The molecule has 0 aliphatic heterocycles. The number of benzene rings is 2. The van der Waals surface area contributed by atoms with Crippen LogP contribution in [0.3, 0.4) is 0 Å². The first-order valence-electron chi connectivity index (χ1n) is 11.2. The number of fused-ring (bicyclic) bond motifs is 1. The SMILES string of the molecule is CCCCCCOc1ccc(C=c2sc3nc(C=Cc4ccc(Cl)cc4)nn3c2=O)cc1OC. The fourth-order valence-corrected chi connectivity index (χ4v) is 4.46. The molecule has 0 amide bonds. The average molecular weight is 496 g/mol. The predicted molar refractivity (Wildman–Crippen MR) is 139 cm³/mol. The Kier molecular flexibility index (Phi) is 7.98. The van der Waals surface area contributed by atoms with Gasteiger partial charge in [-0.25, -0.2) is 0 Å². The van der Waals surface area contributed by atoms with Gasteiger partial charge in [-0.3, -0.25) is 4.79 Å². The van der Waals surface area contributed by atoms with Crippen LogP contribution in [0, 0.1) is 0 Å². The predicted octanol–water partition coefficient (Wildman–Crippen LogP) is 5.49. The van der Waals surface area contributed by atoms with Crippen molar-refractivity contribution in [3.8, 4) is 11.5 Å². The van der Waals surface area contributed by atoms with Crippen molar-refractivity contribution in [2.75, 3.05) is 13.7 Å². The van der Waals surface area contributed by atoms with Crippen molar-refractivity contribution in [1.82, 2.24) is 14.6 Å². The third kappa shape index (κ3) is 5.85.